The summed E-state index contributed by atoms with van der Waals surface area (Å²) in [6, 6.07) is 7.15. The molecule has 12 nitrogen and oxygen atoms in total. The van der Waals surface area contributed by atoms with Crippen LogP contribution in [-0.4, -0.2) is 113 Å². The number of fused-ring (bicyclic) bond motifs is 1. The zero-order chi connectivity index (χ0) is 28.3. The Kier molecular flexibility index (Phi) is 8.00. The molecule has 0 spiro atoms. The van der Waals surface area contributed by atoms with Gasteiger partial charge in [0.15, 0.2) is 11.5 Å². The summed E-state index contributed by atoms with van der Waals surface area (Å²) in [5.41, 5.74) is 3.30. The van der Waals surface area contributed by atoms with Gasteiger partial charge in [-0.15, -0.1) is 0 Å². The molecular formula is C29H42N10O2. The first-order valence-electron chi connectivity index (χ1n) is 14.9. The zero-order valence-corrected chi connectivity index (χ0v) is 24.4. The van der Waals surface area contributed by atoms with Gasteiger partial charge in [-0.05, 0) is 45.5 Å². The summed E-state index contributed by atoms with van der Waals surface area (Å²) in [4.78, 5) is 38.6. The molecule has 2 aromatic heterocycles. The predicted octanol–water partition coefficient (Wildman–Crippen LogP) is 3.73. The van der Waals surface area contributed by atoms with E-state index in [2.05, 4.69) is 55.5 Å². The fraction of sp³-hybridized carbons (Fsp3) is 0.586. The molecule has 6 rings (SSSR count). The Morgan fingerprint density at radius 3 is 2.56 bits per heavy atom. The zero-order valence-electron chi connectivity index (χ0n) is 24.4. The standard InChI is InChI=1S/C29H42N10O2/c1-36(2)22-11-12-39(18-22)29(40)38-15-13-37(14-16-38)21-9-10-23(24(17-21)41-3)33-28-34-26-25(30-19-31-26)27(35-28)32-20-7-5-4-6-8-20/h9-10,17,19-20,22H,4-8,11-16,18H2,1-3H3,(H3,30,31,32,33,34,35). The van der Waals surface area contributed by atoms with Crippen LogP contribution in [0.1, 0.15) is 38.5 Å². The highest BCUT2D eigenvalue weighted by Crippen LogP contribution is 2.33. The smallest absolute Gasteiger partial charge is 0.320 e. The number of ether oxygens (including phenoxy) is 1. The number of likely N-dealkylation sites (tertiary alicyclic amines) is 1. The van der Waals surface area contributed by atoms with Crippen molar-refractivity contribution in [2.45, 2.75) is 50.6 Å². The van der Waals surface area contributed by atoms with Crippen LogP contribution in [0.5, 0.6) is 5.75 Å². The molecule has 220 valence electrons. The van der Waals surface area contributed by atoms with E-state index in [0.29, 0.717) is 42.5 Å². The van der Waals surface area contributed by atoms with E-state index in [-0.39, 0.29) is 6.03 Å². The van der Waals surface area contributed by atoms with Gasteiger partial charge in [-0.2, -0.15) is 9.97 Å². The number of imidazole rings is 1. The van der Waals surface area contributed by atoms with E-state index in [1.165, 1.54) is 19.3 Å². The van der Waals surface area contributed by atoms with Gasteiger partial charge >= 0.3 is 6.03 Å². The highest BCUT2D eigenvalue weighted by molar-refractivity contribution is 5.84. The third kappa shape index (κ3) is 5.97. The third-order valence-electron chi connectivity index (χ3n) is 8.74. The lowest BCUT2D eigenvalue weighted by molar-refractivity contribution is 0.156. The molecule has 1 unspecified atom stereocenters. The number of anilines is 4. The molecule has 3 aromatic rings. The maximum atomic E-state index is 13.1. The summed E-state index contributed by atoms with van der Waals surface area (Å²) in [6.07, 6.45) is 8.76. The van der Waals surface area contributed by atoms with Crippen molar-refractivity contribution >= 4 is 40.3 Å². The number of H-pyrrole nitrogens is 1. The summed E-state index contributed by atoms with van der Waals surface area (Å²) < 4.78 is 5.77. The Hall–Kier alpha value is -3.80. The number of piperazine rings is 1. The first-order valence-corrected chi connectivity index (χ1v) is 14.9. The van der Waals surface area contributed by atoms with E-state index in [4.69, 9.17) is 9.72 Å². The number of hydrogen-bond acceptors (Lipinski definition) is 9. The average Bonchev–Trinajstić information content (AvgIpc) is 3.68. The first-order chi connectivity index (χ1) is 20.0. The molecule has 12 heteroatoms. The number of benzene rings is 1. The van der Waals surface area contributed by atoms with Crippen molar-refractivity contribution in [3.63, 3.8) is 0 Å². The minimum absolute atomic E-state index is 0.165. The van der Waals surface area contributed by atoms with Gasteiger partial charge in [0.25, 0.3) is 0 Å². The Morgan fingerprint density at radius 1 is 1.02 bits per heavy atom. The van der Waals surface area contributed by atoms with Crippen molar-refractivity contribution in [2.24, 2.45) is 0 Å². The lowest BCUT2D eigenvalue weighted by atomic mass is 9.95. The largest absolute Gasteiger partial charge is 0.494 e. The van der Waals surface area contributed by atoms with Crippen molar-refractivity contribution < 1.29 is 9.53 Å². The van der Waals surface area contributed by atoms with Gasteiger partial charge < -0.3 is 40.0 Å². The molecule has 1 aliphatic carbocycles. The van der Waals surface area contributed by atoms with Crippen LogP contribution in [0.15, 0.2) is 24.5 Å². The molecule has 3 fully saturated rings. The minimum atomic E-state index is 0.165. The fourth-order valence-corrected chi connectivity index (χ4v) is 6.23. The van der Waals surface area contributed by atoms with Crippen LogP contribution in [0.4, 0.5) is 27.9 Å². The number of rotatable bonds is 7. The number of likely N-dealkylation sites (N-methyl/N-ethyl adjacent to an activating group) is 1. The molecule has 3 aliphatic rings. The molecule has 1 atom stereocenters. The molecule has 3 N–H and O–H groups in total. The number of urea groups is 1. The second-order valence-electron chi connectivity index (χ2n) is 11.6. The van der Waals surface area contributed by atoms with Gasteiger partial charge in [0.1, 0.15) is 11.3 Å². The Bertz CT molecular complexity index is 1350. The molecular weight excluding hydrogens is 520 g/mol. The summed E-state index contributed by atoms with van der Waals surface area (Å²) in [5.74, 6) is 1.94. The SMILES string of the molecule is COc1cc(N2CCN(C(=O)N3CCC(N(C)C)C3)CC2)ccc1Nc1nc(NC2CCCCC2)c2nc[nH]c2n1. The van der Waals surface area contributed by atoms with Crippen LogP contribution < -0.4 is 20.3 Å². The van der Waals surface area contributed by atoms with Crippen molar-refractivity contribution in [3.8, 4) is 5.75 Å². The molecule has 41 heavy (non-hydrogen) atoms. The fourth-order valence-electron chi connectivity index (χ4n) is 6.23. The van der Waals surface area contributed by atoms with E-state index in [0.717, 1.165) is 68.2 Å². The van der Waals surface area contributed by atoms with Crippen molar-refractivity contribution in [1.82, 2.24) is 34.6 Å². The van der Waals surface area contributed by atoms with Crippen LogP contribution in [0.2, 0.25) is 0 Å². The molecule has 1 saturated carbocycles. The maximum absolute atomic E-state index is 13.1. The molecule has 1 aromatic carbocycles. The van der Waals surface area contributed by atoms with Gasteiger partial charge in [-0.25, -0.2) is 9.78 Å². The van der Waals surface area contributed by atoms with Crippen molar-refractivity contribution in [2.75, 3.05) is 76.0 Å². The van der Waals surface area contributed by atoms with Gasteiger partial charge in [0.2, 0.25) is 5.95 Å². The van der Waals surface area contributed by atoms with E-state index < -0.39 is 0 Å². The van der Waals surface area contributed by atoms with Gasteiger partial charge in [-0.1, -0.05) is 19.3 Å². The minimum Gasteiger partial charge on any atom is -0.494 e. The van der Waals surface area contributed by atoms with Crippen LogP contribution in [0.3, 0.4) is 0 Å². The Balaban J connectivity index is 1.11. The number of amides is 2. The van der Waals surface area contributed by atoms with Crippen LogP contribution in [0.25, 0.3) is 11.2 Å². The quantitative estimate of drug-likeness (QED) is 0.396. The number of aromatic amines is 1. The number of aromatic nitrogens is 4. The topological polar surface area (TPSA) is 118 Å². The van der Waals surface area contributed by atoms with Crippen LogP contribution in [0, 0.1) is 0 Å². The summed E-state index contributed by atoms with van der Waals surface area (Å²) in [7, 11) is 5.85. The molecule has 2 aliphatic heterocycles. The predicted molar refractivity (Wildman–Crippen MR) is 161 cm³/mol. The molecule has 0 bridgehead atoms. The number of hydrogen-bond donors (Lipinski definition) is 3. The van der Waals surface area contributed by atoms with E-state index in [1.54, 1.807) is 13.4 Å². The van der Waals surface area contributed by atoms with Crippen LogP contribution in [-0.2, 0) is 0 Å². The summed E-state index contributed by atoms with van der Waals surface area (Å²) in [6.45, 7) is 4.62. The highest BCUT2D eigenvalue weighted by atomic mass is 16.5. The number of nitrogens with one attached hydrogen (secondary N) is 3. The highest BCUT2D eigenvalue weighted by Gasteiger charge is 2.32. The number of carbonyl (C=O) groups is 1. The number of carbonyl (C=O) groups excluding carboxylic acids is 1. The Morgan fingerprint density at radius 2 is 1.83 bits per heavy atom. The molecule has 2 saturated heterocycles. The Labute approximate surface area is 241 Å². The lowest BCUT2D eigenvalue weighted by Gasteiger charge is -2.38. The number of methoxy groups -OCH3 is 1. The van der Waals surface area contributed by atoms with E-state index in [1.807, 2.05) is 21.9 Å². The van der Waals surface area contributed by atoms with Crippen molar-refractivity contribution in [3.05, 3.63) is 24.5 Å². The lowest BCUT2D eigenvalue weighted by Crippen LogP contribution is -2.52. The summed E-state index contributed by atoms with van der Waals surface area (Å²) in [5, 5.41) is 6.97. The molecule has 0 radical (unpaired) electrons. The normalized spacial score (nSPS) is 20.2. The maximum Gasteiger partial charge on any atom is 0.320 e. The van der Waals surface area contributed by atoms with Crippen LogP contribution >= 0.6 is 0 Å². The van der Waals surface area contributed by atoms with Gasteiger partial charge in [0.05, 0.1) is 19.1 Å². The summed E-state index contributed by atoms with van der Waals surface area (Å²) >= 11 is 0. The monoisotopic (exact) mass is 562 g/mol. The van der Waals surface area contributed by atoms with Gasteiger partial charge in [-0.3, -0.25) is 0 Å². The van der Waals surface area contributed by atoms with E-state index >= 15 is 0 Å². The van der Waals surface area contributed by atoms with E-state index in [9.17, 15) is 4.79 Å². The average molecular weight is 563 g/mol. The number of nitrogens with zero attached hydrogens (tertiary/aromatic N) is 7. The third-order valence-corrected chi connectivity index (χ3v) is 8.74. The second kappa shape index (κ2) is 12.0. The second-order valence-corrected chi connectivity index (χ2v) is 11.6. The molecule has 2 amide bonds. The van der Waals surface area contributed by atoms with Gasteiger partial charge in [0, 0.05) is 63.1 Å². The first kappa shape index (κ1) is 27.4. The molecule has 4 heterocycles. The van der Waals surface area contributed by atoms with Crippen molar-refractivity contribution in [1.29, 1.82) is 0 Å².